The molecule has 0 heterocycles. The molecule has 7 aromatic rings. The Bertz CT molecular complexity index is 2170. The average Bonchev–Trinajstić information content (AvgIpc) is 3.60. The van der Waals surface area contributed by atoms with Crippen LogP contribution in [-0.4, -0.2) is 7.11 Å². The van der Waals surface area contributed by atoms with Crippen LogP contribution in [0.2, 0.25) is 0 Å². The molecule has 7 aromatic carbocycles. The summed E-state index contributed by atoms with van der Waals surface area (Å²) >= 11 is 0. The molecular formula is C44H31NO. The molecule has 0 aliphatic heterocycles. The molecule has 0 fully saturated rings. The molecule has 2 aliphatic rings. The molecule has 9 rings (SSSR count). The van der Waals surface area contributed by atoms with Crippen molar-refractivity contribution in [2.45, 2.75) is 5.41 Å². The van der Waals surface area contributed by atoms with E-state index in [1.165, 1.54) is 44.5 Å². The maximum Gasteiger partial charge on any atom is 0.121 e. The Balaban J connectivity index is 1.26. The monoisotopic (exact) mass is 589 g/mol. The van der Waals surface area contributed by atoms with Crippen LogP contribution in [0, 0.1) is 0 Å². The molecular weight excluding hydrogens is 558 g/mol. The molecule has 218 valence electrons. The molecule has 2 heteroatoms. The normalized spacial score (nSPS) is 13.1. The third-order valence-electron chi connectivity index (χ3n) is 9.74. The largest absolute Gasteiger partial charge is 0.497 e. The first kappa shape index (κ1) is 26.5. The Morgan fingerprint density at radius 2 is 0.870 bits per heavy atom. The number of methoxy groups -OCH3 is 1. The fourth-order valence-electron chi connectivity index (χ4n) is 7.88. The lowest BCUT2D eigenvalue weighted by Gasteiger charge is -2.30. The van der Waals surface area contributed by atoms with Gasteiger partial charge in [-0.3, -0.25) is 0 Å². The van der Waals surface area contributed by atoms with E-state index in [-0.39, 0.29) is 5.41 Å². The van der Waals surface area contributed by atoms with Crippen LogP contribution in [0.15, 0.2) is 170 Å². The first-order valence-corrected chi connectivity index (χ1v) is 15.8. The minimum absolute atomic E-state index is 0.339. The van der Waals surface area contributed by atoms with Crippen LogP contribution in [0.1, 0.15) is 22.3 Å². The number of anilines is 3. The Kier molecular flexibility index (Phi) is 5.97. The van der Waals surface area contributed by atoms with Crippen molar-refractivity contribution >= 4 is 17.1 Å². The first-order chi connectivity index (χ1) is 22.8. The van der Waals surface area contributed by atoms with Crippen molar-refractivity contribution in [2.75, 3.05) is 12.0 Å². The molecule has 0 saturated carbocycles. The van der Waals surface area contributed by atoms with E-state index in [4.69, 9.17) is 4.74 Å². The SMILES string of the molecule is COc1cc(-c2ccc3c(c2)-c2ccccc2C32c3ccccc3-c3ccccc32)cc(N(c2ccccc2)c2ccccc2)c1. The molecule has 2 aliphatic carbocycles. The second-order valence-electron chi connectivity index (χ2n) is 12.1. The Hall–Kier alpha value is -5.86. The highest BCUT2D eigenvalue weighted by molar-refractivity contribution is 5.96. The summed E-state index contributed by atoms with van der Waals surface area (Å²) in [6.07, 6.45) is 0. The second kappa shape index (κ2) is 10.4. The highest BCUT2D eigenvalue weighted by Crippen LogP contribution is 2.63. The number of benzene rings is 7. The van der Waals surface area contributed by atoms with Crippen molar-refractivity contribution in [3.63, 3.8) is 0 Å². The minimum Gasteiger partial charge on any atom is -0.497 e. The summed E-state index contributed by atoms with van der Waals surface area (Å²) in [6.45, 7) is 0. The molecule has 0 radical (unpaired) electrons. The molecule has 46 heavy (non-hydrogen) atoms. The number of nitrogens with zero attached hydrogens (tertiary/aromatic N) is 1. The van der Waals surface area contributed by atoms with Gasteiger partial charge in [0, 0.05) is 17.4 Å². The van der Waals surface area contributed by atoms with Crippen LogP contribution in [0.4, 0.5) is 17.1 Å². The Morgan fingerprint density at radius 3 is 1.41 bits per heavy atom. The van der Waals surface area contributed by atoms with E-state index in [0.717, 1.165) is 33.9 Å². The summed E-state index contributed by atoms with van der Waals surface area (Å²) in [5.41, 5.74) is 15.8. The van der Waals surface area contributed by atoms with E-state index in [1.807, 2.05) is 0 Å². The second-order valence-corrected chi connectivity index (χ2v) is 12.1. The summed E-state index contributed by atoms with van der Waals surface area (Å²) in [4.78, 5) is 2.29. The van der Waals surface area contributed by atoms with E-state index in [2.05, 4.69) is 175 Å². The van der Waals surface area contributed by atoms with Crippen molar-refractivity contribution in [2.24, 2.45) is 0 Å². The van der Waals surface area contributed by atoms with Crippen LogP contribution in [-0.2, 0) is 5.41 Å². The molecule has 0 saturated heterocycles. The highest BCUT2D eigenvalue weighted by atomic mass is 16.5. The number of fused-ring (bicyclic) bond motifs is 10. The van der Waals surface area contributed by atoms with Crippen molar-refractivity contribution < 1.29 is 4.74 Å². The fraction of sp³-hybridized carbons (Fsp3) is 0.0455. The number of hydrogen-bond acceptors (Lipinski definition) is 2. The predicted molar refractivity (Wildman–Crippen MR) is 189 cm³/mol. The molecule has 0 atom stereocenters. The summed E-state index contributed by atoms with van der Waals surface area (Å²) in [7, 11) is 1.75. The average molecular weight is 590 g/mol. The first-order valence-electron chi connectivity index (χ1n) is 15.8. The van der Waals surface area contributed by atoms with Gasteiger partial charge in [0.05, 0.1) is 18.2 Å². The number of hydrogen-bond donors (Lipinski definition) is 0. The van der Waals surface area contributed by atoms with E-state index >= 15 is 0 Å². The standard InChI is InChI=1S/C44H31NO/c1-46-35-27-31(26-34(29-35)45(32-14-4-2-5-15-32)33-16-6-3-7-17-33)30-24-25-43-39(28-30)38-20-10-13-23-42(38)44(43)40-21-11-8-18-36(40)37-19-9-12-22-41(37)44/h2-29H,1H3. The summed E-state index contributed by atoms with van der Waals surface area (Å²) in [6, 6.07) is 61.5. The third-order valence-corrected chi connectivity index (χ3v) is 9.74. The molecule has 0 bridgehead atoms. The Morgan fingerprint density at radius 1 is 0.391 bits per heavy atom. The molecule has 0 N–H and O–H groups in total. The maximum absolute atomic E-state index is 5.92. The van der Waals surface area contributed by atoms with Gasteiger partial charge in [0.2, 0.25) is 0 Å². The van der Waals surface area contributed by atoms with Crippen LogP contribution in [0.3, 0.4) is 0 Å². The van der Waals surface area contributed by atoms with Gasteiger partial charge < -0.3 is 9.64 Å². The van der Waals surface area contributed by atoms with Gasteiger partial charge in [-0.1, -0.05) is 121 Å². The molecule has 1 spiro atoms. The zero-order valence-electron chi connectivity index (χ0n) is 25.5. The van der Waals surface area contributed by atoms with Crippen molar-refractivity contribution in [1.29, 1.82) is 0 Å². The van der Waals surface area contributed by atoms with Crippen LogP contribution in [0.25, 0.3) is 33.4 Å². The molecule has 0 unspecified atom stereocenters. The van der Waals surface area contributed by atoms with Crippen LogP contribution >= 0.6 is 0 Å². The van der Waals surface area contributed by atoms with Gasteiger partial charge in [0.25, 0.3) is 0 Å². The zero-order chi connectivity index (χ0) is 30.7. The minimum atomic E-state index is -0.339. The Labute approximate surface area is 269 Å². The van der Waals surface area contributed by atoms with Gasteiger partial charge >= 0.3 is 0 Å². The summed E-state index contributed by atoms with van der Waals surface area (Å²) in [5, 5.41) is 0. The number of para-hydroxylation sites is 2. The van der Waals surface area contributed by atoms with Crippen LogP contribution < -0.4 is 9.64 Å². The van der Waals surface area contributed by atoms with Crippen molar-refractivity contribution in [1.82, 2.24) is 0 Å². The lowest BCUT2D eigenvalue weighted by Crippen LogP contribution is -2.25. The van der Waals surface area contributed by atoms with Gasteiger partial charge in [-0.15, -0.1) is 0 Å². The third kappa shape index (κ3) is 3.77. The van der Waals surface area contributed by atoms with E-state index in [1.54, 1.807) is 7.11 Å². The summed E-state index contributed by atoms with van der Waals surface area (Å²) < 4.78 is 5.92. The maximum atomic E-state index is 5.92. The van der Waals surface area contributed by atoms with E-state index in [9.17, 15) is 0 Å². The smallest absolute Gasteiger partial charge is 0.121 e. The van der Waals surface area contributed by atoms with Gasteiger partial charge in [-0.25, -0.2) is 0 Å². The van der Waals surface area contributed by atoms with E-state index < -0.39 is 0 Å². The van der Waals surface area contributed by atoms with E-state index in [0.29, 0.717) is 0 Å². The van der Waals surface area contributed by atoms with Gasteiger partial charge in [0.15, 0.2) is 0 Å². The number of ether oxygens (including phenoxy) is 1. The topological polar surface area (TPSA) is 12.5 Å². The predicted octanol–water partition coefficient (Wildman–Crippen LogP) is 11.2. The van der Waals surface area contributed by atoms with Crippen LogP contribution in [0.5, 0.6) is 5.75 Å². The number of rotatable bonds is 5. The lowest BCUT2D eigenvalue weighted by atomic mass is 9.70. The molecule has 0 aromatic heterocycles. The van der Waals surface area contributed by atoms with Gasteiger partial charge in [0.1, 0.15) is 5.75 Å². The quantitative estimate of drug-likeness (QED) is 0.198. The van der Waals surface area contributed by atoms with Gasteiger partial charge in [-0.05, 0) is 98.1 Å². The lowest BCUT2D eigenvalue weighted by molar-refractivity contribution is 0.415. The van der Waals surface area contributed by atoms with Crippen molar-refractivity contribution in [3.05, 3.63) is 192 Å². The summed E-state index contributed by atoms with van der Waals surface area (Å²) in [5.74, 6) is 0.820. The molecule has 0 amide bonds. The molecule has 2 nitrogen and oxygen atoms in total. The zero-order valence-corrected chi connectivity index (χ0v) is 25.5. The van der Waals surface area contributed by atoms with Crippen molar-refractivity contribution in [3.8, 4) is 39.1 Å². The highest BCUT2D eigenvalue weighted by Gasteiger charge is 2.51. The fourth-order valence-corrected chi connectivity index (χ4v) is 7.88. The van der Waals surface area contributed by atoms with Gasteiger partial charge in [-0.2, -0.15) is 0 Å².